The highest BCUT2D eigenvalue weighted by atomic mass is 35.5. The maximum atomic E-state index is 14.4. The van der Waals surface area contributed by atoms with E-state index in [4.69, 9.17) is 28.5 Å². The molecule has 8 nitrogen and oxygen atoms in total. The lowest BCUT2D eigenvalue weighted by Crippen LogP contribution is -2.49. The van der Waals surface area contributed by atoms with Crippen LogP contribution < -0.4 is 0 Å². The zero-order chi connectivity index (χ0) is 24.1. The lowest BCUT2D eigenvalue weighted by Gasteiger charge is -2.26. The normalized spacial score (nSPS) is 22.1. The highest BCUT2D eigenvalue weighted by molar-refractivity contribution is 7.92. The van der Waals surface area contributed by atoms with Gasteiger partial charge in [0, 0.05) is 18.1 Å². The molecule has 0 saturated carbocycles. The molecule has 0 aliphatic carbocycles. The molecular weight excluding hydrogens is 513 g/mol. The highest BCUT2D eigenvalue weighted by Crippen LogP contribution is 2.37. The van der Waals surface area contributed by atoms with E-state index in [2.05, 4.69) is 0 Å². The first-order valence-corrected chi connectivity index (χ1v) is 12.4. The zero-order valence-electron chi connectivity index (χ0n) is 15.8. The first-order valence-electron chi connectivity index (χ1n) is 8.69. The molecule has 0 radical (unpaired) electrons. The van der Waals surface area contributed by atoms with Crippen LogP contribution in [0.1, 0.15) is 5.56 Å². The van der Waals surface area contributed by atoms with Crippen molar-refractivity contribution in [3.05, 3.63) is 57.6 Å². The summed E-state index contributed by atoms with van der Waals surface area (Å²) in [7, 11) is -9.40. The van der Waals surface area contributed by atoms with Crippen LogP contribution in [-0.2, 0) is 19.9 Å². The molecule has 14 heteroatoms. The molecule has 1 saturated heterocycles. The minimum atomic E-state index is -4.92. The van der Waals surface area contributed by atoms with Gasteiger partial charge in [-0.3, -0.25) is 0 Å². The van der Waals surface area contributed by atoms with Gasteiger partial charge in [0.25, 0.3) is 0 Å². The van der Waals surface area contributed by atoms with Crippen molar-refractivity contribution in [3.8, 4) is 6.07 Å². The minimum absolute atomic E-state index is 0.140. The Balaban J connectivity index is 2.09. The van der Waals surface area contributed by atoms with Gasteiger partial charge in [-0.15, -0.1) is 0 Å². The van der Waals surface area contributed by atoms with E-state index in [9.17, 15) is 35.8 Å². The molecule has 1 fully saturated rings. The number of benzene rings is 2. The fraction of sp³-hybridized carbons (Fsp3) is 0.278. The summed E-state index contributed by atoms with van der Waals surface area (Å²) in [6.07, 6.45) is 0. The van der Waals surface area contributed by atoms with Crippen LogP contribution in [-0.4, -0.2) is 61.9 Å². The molecule has 1 aliphatic rings. The number of aliphatic hydroxyl groups excluding tert-OH is 1. The molecular formula is C18H14Cl2F2N2O6S2. The molecule has 2 atom stereocenters. The Labute approximate surface area is 192 Å². The standard InChI is InChI=1S/C18H14Cl2F2N2O6S2/c19-11-1-2-15(12(20)4-11)32(29,30)24-7-17(18(26,8-24)9-25)31(27,28)16-5-13(21)10(6-23)3-14(16)22/h1-5,17,25-26H,7-9H2/t17-,18+/m0/s1. The van der Waals surface area contributed by atoms with Gasteiger partial charge in [-0.1, -0.05) is 23.2 Å². The van der Waals surface area contributed by atoms with Crippen molar-refractivity contribution in [3.63, 3.8) is 0 Å². The topological polar surface area (TPSA) is 136 Å². The maximum absolute atomic E-state index is 14.4. The second-order valence-electron chi connectivity index (χ2n) is 7.04. The van der Waals surface area contributed by atoms with Crippen LogP contribution in [0.5, 0.6) is 0 Å². The predicted molar refractivity (Wildman–Crippen MR) is 109 cm³/mol. The number of nitrogens with zero attached hydrogens (tertiary/aromatic N) is 2. The van der Waals surface area contributed by atoms with Gasteiger partial charge >= 0.3 is 0 Å². The Morgan fingerprint density at radius 2 is 1.78 bits per heavy atom. The summed E-state index contributed by atoms with van der Waals surface area (Å²) in [5.41, 5.74) is -3.28. The summed E-state index contributed by atoms with van der Waals surface area (Å²) < 4.78 is 81.2. The van der Waals surface area contributed by atoms with Crippen LogP contribution in [0.25, 0.3) is 0 Å². The summed E-state index contributed by atoms with van der Waals surface area (Å²) >= 11 is 11.7. The Morgan fingerprint density at radius 1 is 1.12 bits per heavy atom. The summed E-state index contributed by atoms with van der Waals surface area (Å²) in [6, 6.07) is 5.46. The molecule has 0 bridgehead atoms. The second-order valence-corrected chi connectivity index (χ2v) is 11.9. The van der Waals surface area contributed by atoms with Crippen LogP contribution >= 0.6 is 23.2 Å². The van der Waals surface area contributed by atoms with Gasteiger partial charge in [0.2, 0.25) is 10.0 Å². The number of β-amino-alcohol motifs (C(OH)–C–C–N with tert-alkyl or cyclic N) is 1. The summed E-state index contributed by atoms with van der Waals surface area (Å²) in [5, 5.41) is 27.0. The second kappa shape index (κ2) is 8.49. The van der Waals surface area contributed by atoms with Crippen LogP contribution in [0, 0.1) is 23.0 Å². The fourth-order valence-corrected chi connectivity index (χ4v) is 7.72. The van der Waals surface area contributed by atoms with Crippen LogP contribution in [0.15, 0.2) is 40.1 Å². The molecule has 1 aliphatic heterocycles. The smallest absolute Gasteiger partial charge is 0.244 e. The van der Waals surface area contributed by atoms with Crippen LogP contribution in [0.2, 0.25) is 10.0 Å². The van der Waals surface area contributed by atoms with E-state index in [0.29, 0.717) is 10.4 Å². The number of rotatable bonds is 5. The largest absolute Gasteiger partial charge is 0.393 e. The van der Waals surface area contributed by atoms with Crippen molar-refractivity contribution in [2.75, 3.05) is 19.7 Å². The SMILES string of the molecule is N#Cc1cc(F)c(S(=O)(=O)[C@H]2CN(S(=O)(=O)c3ccc(Cl)cc3Cl)C[C@@]2(O)CO)cc1F. The van der Waals surface area contributed by atoms with Crippen molar-refractivity contribution in [2.45, 2.75) is 20.6 Å². The highest BCUT2D eigenvalue weighted by Gasteiger charge is 2.55. The predicted octanol–water partition coefficient (Wildman–Crippen LogP) is 1.71. The number of halogens is 4. The number of hydrogen-bond acceptors (Lipinski definition) is 7. The summed E-state index contributed by atoms with van der Waals surface area (Å²) in [6.45, 7) is -2.95. The third-order valence-corrected chi connectivity index (χ3v) is 9.82. The number of aliphatic hydroxyl groups is 2. The number of hydrogen-bond donors (Lipinski definition) is 2. The molecule has 0 spiro atoms. The quantitative estimate of drug-likeness (QED) is 0.605. The number of nitriles is 1. The number of sulfonamides is 1. The van der Waals surface area contributed by atoms with Gasteiger partial charge in [-0.05, 0) is 30.3 Å². The van der Waals surface area contributed by atoms with Gasteiger partial charge in [-0.25, -0.2) is 25.6 Å². The third kappa shape index (κ3) is 4.10. The Kier molecular flexibility index (Phi) is 6.58. The molecule has 2 aromatic rings. The van der Waals surface area contributed by atoms with Crippen molar-refractivity contribution >= 4 is 43.1 Å². The average Bonchev–Trinajstić information content (AvgIpc) is 3.09. The van der Waals surface area contributed by atoms with E-state index in [1.54, 1.807) is 0 Å². The molecule has 172 valence electrons. The molecule has 32 heavy (non-hydrogen) atoms. The van der Waals surface area contributed by atoms with Crippen molar-refractivity contribution < 1.29 is 35.8 Å². The Bertz CT molecular complexity index is 1350. The van der Waals surface area contributed by atoms with Gasteiger partial charge in [0.15, 0.2) is 9.84 Å². The summed E-state index contributed by atoms with van der Waals surface area (Å²) in [4.78, 5) is -1.62. The first kappa shape index (κ1) is 24.8. The fourth-order valence-electron chi connectivity index (χ4n) is 3.36. The van der Waals surface area contributed by atoms with Gasteiger partial charge in [0.1, 0.15) is 38.3 Å². The first-order chi connectivity index (χ1) is 14.8. The van der Waals surface area contributed by atoms with Crippen molar-refractivity contribution in [1.82, 2.24) is 4.31 Å². The Hall–Kier alpha value is -1.85. The van der Waals surface area contributed by atoms with E-state index in [0.717, 1.165) is 12.1 Å². The van der Waals surface area contributed by atoms with Crippen LogP contribution in [0.4, 0.5) is 8.78 Å². The number of sulfone groups is 1. The molecule has 0 aromatic heterocycles. The van der Waals surface area contributed by atoms with Gasteiger partial charge < -0.3 is 10.2 Å². The van der Waals surface area contributed by atoms with Gasteiger partial charge in [-0.2, -0.15) is 9.57 Å². The lowest BCUT2D eigenvalue weighted by atomic mass is 10.1. The maximum Gasteiger partial charge on any atom is 0.244 e. The van der Waals surface area contributed by atoms with E-state index in [1.165, 1.54) is 12.1 Å². The van der Waals surface area contributed by atoms with E-state index in [1.807, 2.05) is 0 Å². The minimum Gasteiger partial charge on any atom is -0.393 e. The molecule has 2 aromatic carbocycles. The Morgan fingerprint density at radius 3 is 2.34 bits per heavy atom. The average molecular weight is 527 g/mol. The molecule has 2 N–H and O–H groups in total. The molecule has 0 amide bonds. The van der Waals surface area contributed by atoms with E-state index in [-0.39, 0.29) is 16.1 Å². The van der Waals surface area contributed by atoms with Crippen molar-refractivity contribution in [1.29, 1.82) is 5.26 Å². The van der Waals surface area contributed by atoms with E-state index < -0.39 is 77.4 Å². The zero-order valence-corrected chi connectivity index (χ0v) is 19.0. The van der Waals surface area contributed by atoms with E-state index >= 15 is 0 Å². The van der Waals surface area contributed by atoms with Crippen molar-refractivity contribution in [2.24, 2.45) is 0 Å². The monoisotopic (exact) mass is 526 g/mol. The molecule has 0 unspecified atom stereocenters. The lowest BCUT2D eigenvalue weighted by molar-refractivity contribution is 0.00157. The third-order valence-electron chi connectivity index (χ3n) is 5.03. The van der Waals surface area contributed by atoms with Crippen LogP contribution in [0.3, 0.4) is 0 Å². The summed E-state index contributed by atoms with van der Waals surface area (Å²) in [5.74, 6) is -2.79. The molecule has 3 rings (SSSR count). The molecule has 1 heterocycles. The van der Waals surface area contributed by atoms with Gasteiger partial charge in [0.05, 0.1) is 17.2 Å².